The monoisotopic (exact) mass is 235 g/mol. The molecule has 0 atom stereocenters. The van der Waals surface area contributed by atoms with Gasteiger partial charge >= 0.3 is 0 Å². The summed E-state index contributed by atoms with van der Waals surface area (Å²) in [4.78, 5) is 9.79. The van der Waals surface area contributed by atoms with Crippen LogP contribution < -0.4 is 4.90 Å². The standard InChI is InChI=1S/C8H11Cl2N3O/c9-1-3-13(4-2-10)8-11-5-7(14)6-12-8/h5-6,14H,1-4H2. The summed E-state index contributed by atoms with van der Waals surface area (Å²) in [7, 11) is 0. The first kappa shape index (κ1) is 11.3. The lowest BCUT2D eigenvalue weighted by Gasteiger charge is -2.19. The lowest BCUT2D eigenvalue weighted by atomic mass is 10.5. The highest BCUT2D eigenvalue weighted by molar-refractivity contribution is 6.18. The van der Waals surface area contributed by atoms with Crippen LogP contribution in [-0.4, -0.2) is 39.9 Å². The Morgan fingerprint density at radius 3 is 2.07 bits per heavy atom. The Hall–Kier alpha value is -0.740. The van der Waals surface area contributed by atoms with E-state index in [4.69, 9.17) is 28.3 Å². The fourth-order valence-corrected chi connectivity index (χ4v) is 1.40. The zero-order valence-corrected chi connectivity index (χ0v) is 9.04. The van der Waals surface area contributed by atoms with Gasteiger partial charge in [0.2, 0.25) is 5.95 Å². The number of hydrogen-bond acceptors (Lipinski definition) is 4. The second kappa shape index (κ2) is 5.88. The van der Waals surface area contributed by atoms with E-state index >= 15 is 0 Å². The minimum absolute atomic E-state index is 0.0467. The van der Waals surface area contributed by atoms with E-state index in [0.29, 0.717) is 30.8 Å². The van der Waals surface area contributed by atoms with E-state index in [1.165, 1.54) is 12.4 Å². The van der Waals surface area contributed by atoms with Crippen molar-refractivity contribution in [2.75, 3.05) is 29.7 Å². The van der Waals surface area contributed by atoms with Gasteiger partial charge in [-0.2, -0.15) is 0 Å². The van der Waals surface area contributed by atoms with E-state index < -0.39 is 0 Å². The third-order valence-electron chi connectivity index (χ3n) is 1.62. The normalized spacial score (nSPS) is 10.1. The van der Waals surface area contributed by atoms with Gasteiger partial charge in [0.15, 0.2) is 5.75 Å². The van der Waals surface area contributed by atoms with Crippen LogP contribution in [0.25, 0.3) is 0 Å². The SMILES string of the molecule is Oc1cnc(N(CCCl)CCCl)nc1. The molecule has 6 heteroatoms. The van der Waals surface area contributed by atoms with Crippen LogP contribution in [0.5, 0.6) is 5.75 Å². The quantitative estimate of drug-likeness (QED) is 0.786. The van der Waals surface area contributed by atoms with Gasteiger partial charge < -0.3 is 10.0 Å². The predicted molar refractivity (Wildman–Crippen MR) is 57.3 cm³/mol. The van der Waals surface area contributed by atoms with E-state index in [9.17, 15) is 0 Å². The summed E-state index contributed by atoms with van der Waals surface area (Å²) >= 11 is 11.2. The number of alkyl halides is 2. The Kier molecular flexibility index (Phi) is 4.76. The van der Waals surface area contributed by atoms with Gasteiger partial charge in [0.25, 0.3) is 0 Å². The van der Waals surface area contributed by atoms with Crippen molar-refractivity contribution in [3.8, 4) is 5.75 Å². The molecule has 0 aliphatic rings. The number of halogens is 2. The van der Waals surface area contributed by atoms with Crippen molar-refractivity contribution < 1.29 is 5.11 Å². The lowest BCUT2D eigenvalue weighted by molar-refractivity contribution is 0.469. The van der Waals surface area contributed by atoms with Crippen molar-refractivity contribution in [3.63, 3.8) is 0 Å². The Labute approximate surface area is 92.5 Å². The fraction of sp³-hybridized carbons (Fsp3) is 0.500. The summed E-state index contributed by atoms with van der Waals surface area (Å²) < 4.78 is 0. The van der Waals surface area contributed by atoms with Gasteiger partial charge in [0.05, 0.1) is 12.4 Å². The number of aromatic hydroxyl groups is 1. The summed E-state index contributed by atoms with van der Waals surface area (Å²) in [6.07, 6.45) is 2.69. The maximum Gasteiger partial charge on any atom is 0.225 e. The first-order valence-corrected chi connectivity index (χ1v) is 5.22. The largest absolute Gasteiger partial charge is 0.505 e. The molecule has 1 aromatic rings. The number of aromatic nitrogens is 2. The molecule has 0 bridgehead atoms. The molecule has 0 saturated carbocycles. The molecule has 0 fully saturated rings. The summed E-state index contributed by atoms with van der Waals surface area (Å²) in [5, 5.41) is 9.00. The van der Waals surface area contributed by atoms with Gasteiger partial charge in [0.1, 0.15) is 0 Å². The van der Waals surface area contributed by atoms with Gasteiger partial charge in [0, 0.05) is 24.8 Å². The first-order valence-electron chi connectivity index (χ1n) is 4.16. The zero-order chi connectivity index (χ0) is 10.4. The third kappa shape index (κ3) is 3.20. The van der Waals surface area contributed by atoms with Crippen LogP contribution in [0.3, 0.4) is 0 Å². The number of hydrogen-bond donors (Lipinski definition) is 1. The van der Waals surface area contributed by atoms with Crippen LogP contribution >= 0.6 is 23.2 Å². The maximum atomic E-state index is 9.00. The van der Waals surface area contributed by atoms with Crippen LogP contribution in [0.4, 0.5) is 5.95 Å². The molecule has 1 heterocycles. The van der Waals surface area contributed by atoms with E-state index in [-0.39, 0.29) is 5.75 Å². The number of nitrogens with zero attached hydrogens (tertiary/aromatic N) is 3. The van der Waals surface area contributed by atoms with Gasteiger partial charge in [-0.25, -0.2) is 9.97 Å². The summed E-state index contributed by atoms with van der Waals surface area (Å²) in [6, 6.07) is 0. The minimum atomic E-state index is 0.0467. The average molecular weight is 236 g/mol. The molecule has 78 valence electrons. The highest BCUT2D eigenvalue weighted by Gasteiger charge is 2.07. The van der Waals surface area contributed by atoms with Crippen LogP contribution in [0.15, 0.2) is 12.4 Å². The molecule has 0 amide bonds. The van der Waals surface area contributed by atoms with Crippen molar-refractivity contribution in [1.82, 2.24) is 9.97 Å². The van der Waals surface area contributed by atoms with E-state index in [1.807, 2.05) is 4.90 Å². The first-order chi connectivity index (χ1) is 6.77. The fourth-order valence-electron chi connectivity index (χ4n) is 0.994. The molecule has 0 aliphatic carbocycles. The molecule has 0 aromatic carbocycles. The summed E-state index contributed by atoms with van der Waals surface area (Å²) in [5.41, 5.74) is 0. The lowest BCUT2D eigenvalue weighted by Crippen LogP contribution is -2.29. The van der Waals surface area contributed by atoms with Crippen molar-refractivity contribution in [1.29, 1.82) is 0 Å². The van der Waals surface area contributed by atoms with Crippen LogP contribution in [0, 0.1) is 0 Å². The van der Waals surface area contributed by atoms with E-state index in [0.717, 1.165) is 0 Å². The van der Waals surface area contributed by atoms with Gasteiger partial charge in [-0.15, -0.1) is 23.2 Å². The molecule has 4 nitrogen and oxygen atoms in total. The van der Waals surface area contributed by atoms with Crippen LogP contribution in [0.1, 0.15) is 0 Å². The molecule has 0 aliphatic heterocycles. The van der Waals surface area contributed by atoms with Crippen molar-refractivity contribution in [2.45, 2.75) is 0 Å². The average Bonchev–Trinajstić information content (AvgIpc) is 2.19. The maximum absolute atomic E-state index is 9.00. The second-order valence-corrected chi connectivity index (χ2v) is 3.36. The molecule has 0 unspecified atom stereocenters. The molecule has 1 aromatic heterocycles. The van der Waals surface area contributed by atoms with Gasteiger partial charge in [-0.05, 0) is 0 Å². The molecular formula is C8H11Cl2N3O. The van der Waals surface area contributed by atoms with E-state index in [1.54, 1.807) is 0 Å². The van der Waals surface area contributed by atoms with Gasteiger partial charge in [-0.3, -0.25) is 0 Å². The molecule has 0 radical (unpaired) electrons. The van der Waals surface area contributed by atoms with Crippen molar-refractivity contribution >= 4 is 29.2 Å². The van der Waals surface area contributed by atoms with Crippen molar-refractivity contribution in [3.05, 3.63) is 12.4 Å². The van der Waals surface area contributed by atoms with Crippen LogP contribution in [-0.2, 0) is 0 Å². The number of rotatable bonds is 5. The molecular weight excluding hydrogens is 225 g/mol. The van der Waals surface area contributed by atoms with Gasteiger partial charge in [-0.1, -0.05) is 0 Å². The van der Waals surface area contributed by atoms with Crippen molar-refractivity contribution in [2.24, 2.45) is 0 Å². The topological polar surface area (TPSA) is 49.3 Å². The second-order valence-electron chi connectivity index (χ2n) is 2.61. The Morgan fingerprint density at radius 1 is 1.14 bits per heavy atom. The highest BCUT2D eigenvalue weighted by Crippen LogP contribution is 2.10. The highest BCUT2D eigenvalue weighted by atomic mass is 35.5. The summed E-state index contributed by atoms with van der Waals surface area (Å²) in [5.74, 6) is 1.55. The molecule has 1 N–H and O–H groups in total. The molecule has 14 heavy (non-hydrogen) atoms. The molecule has 0 saturated heterocycles. The predicted octanol–water partition coefficient (Wildman–Crippen LogP) is 1.47. The number of anilines is 1. The molecule has 0 spiro atoms. The Balaban J connectivity index is 2.71. The zero-order valence-electron chi connectivity index (χ0n) is 7.53. The van der Waals surface area contributed by atoms with E-state index in [2.05, 4.69) is 9.97 Å². The third-order valence-corrected chi connectivity index (χ3v) is 1.95. The van der Waals surface area contributed by atoms with Crippen LogP contribution in [0.2, 0.25) is 0 Å². The minimum Gasteiger partial charge on any atom is -0.505 e. The Morgan fingerprint density at radius 2 is 1.64 bits per heavy atom. The Bertz CT molecular complexity index is 262. The smallest absolute Gasteiger partial charge is 0.225 e. The molecule has 1 rings (SSSR count). The summed E-state index contributed by atoms with van der Waals surface area (Å²) in [6.45, 7) is 1.28.